The second-order valence-corrected chi connectivity index (χ2v) is 16.4. The van der Waals surface area contributed by atoms with Crippen LogP contribution in [0.3, 0.4) is 0 Å². The van der Waals surface area contributed by atoms with Crippen molar-refractivity contribution in [3.05, 3.63) is 47.6 Å². The molecule has 1 aliphatic carbocycles. The number of rotatable bonds is 9. The van der Waals surface area contributed by atoms with E-state index in [1.807, 2.05) is 31.3 Å². The van der Waals surface area contributed by atoms with E-state index in [1.54, 1.807) is 0 Å². The van der Waals surface area contributed by atoms with Gasteiger partial charge in [0.05, 0.1) is 12.3 Å². The molecule has 2 atom stereocenters. The Morgan fingerprint density at radius 3 is 2.71 bits per heavy atom. The van der Waals surface area contributed by atoms with E-state index in [9.17, 15) is 0 Å². The number of aromatic nitrogens is 3. The van der Waals surface area contributed by atoms with Gasteiger partial charge >= 0.3 is 0 Å². The molecule has 2 heterocycles. The Labute approximate surface area is 204 Å². The first-order valence-corrected chi connectivity index (χ1v) is 15.7. The van der Waals surface area contributed by atoms with Crippen LogP contribution in [-0.4, -0.2) is 60.3 Å². The fraction of sp³-hybridized carbons (Fsp3) is 0.500. The summed E-state index contributed by atoms with van der Waals surface area (Å²) in [5, 5.41) is 4.62. The zero-order valence-electron chi connectivity index (χ0n) is 21.2. The van der Waals surface area contributed by atoms with Gasteiger partial charge in [-0.05, 0) is 51.5 Å². The summed E-state index contributed by atoms with van der Waals surface area (Å²) in [6.07, 6.45) is 6.33. The van der Waals surface area contributed by atoms with Crippen molar-refractivity contribution in [3.8, 4) is 11.3 Å². The third-order valence-electron chi connectivity index (χ3n) is 6.66. The number of fused-ring (bicyclic) bond motifs is 1. The molecule has 0 aliphatic heterocycles. The predicted octanol–water partition coefficient (Wildman–Crippen LogP) is 5.77. The lowest BCUT2D eigenvalue weighted by molar-refractivity contribution is 0.0903. The molecule has 1 N–H and O–H groups in total. The van der Waals surface area contributed by atoms with Crippen LogP contribution < -0.4 is 5.32 Å². The summed E-state index contributed by atoms with van der Waals surface area (Å²) in [4.78, 5) is 15.4. The van der Waals surface area contributed by atoms with Gasteiger partial charge in [0.15, 0.2) is 5.69 Å². The molecule has 1 aliphatic rings. The second kappa shape index (κ2) is 9.86. The molecule has 4 rings (SSSR count). The van der Waals surface area contributed by atoms with Crippen LogP contribution in [0.5, 0.6) is 0 Å². The minimum atomic E-state index is -1.15. The van der Waals surface area contributed by atoms with E-state index < -0.39 is 8.07 Å². The summed E-state index contributed by atoms with van der Waals surface area (Å²) in [5.74, 6) is 0.669. The lowest BCUT2D eigenvalue weighted by Crippen LogP contribution is -2.51. The summed E-state index contributed by atoms with van der Waals surface area (Å²) < 4.78 is 8.16. The smallest absolute Gasteiger partial charge is 0.223 e. The van der Waals surface area contributed by atoms with E-state index in [-0.39, 0.29) is 0 Å². The van der Waals surface area contributed by atoms with Crippen molar-refractivity contribution in [3.63, 3.8) is 0 Å². The van der Waals surface area contributed by atoms with Crippen LogP contribution in [0.15, 0.2) is 30.6 Å². The first-order chi connectivity index (χ1) is 16.2. The highest BCUT2D eigenvalue weighted by molar-refractivity contribution is 6.76. The van der Waals surface area contributed by atoms with Crippen LogP contribution in [0, 0.1) is 13.5 Å². The van der Waals surface area contributed by atoms with Crippen molar-refractivity contribution >= 4 is 30.6 Å². The van der Waals surface area contributed by atoms with E-state index in [0.29, 0.717) is 30.5 Å². The number of benzene rings is 1. The first kappa shape index (κ1) is 24.4. The Morgan fingerprint density at radius 2 is 2.06 bits per heavy atom. The van der Waals surface area contributed by atoms with Gasteiger partial charge in [-0.25, -0.2) is 14.8 Å². The third kappa shape index (κ3) is 5.33. The van der Waals surface area contributed by atoms with Gasteiger partial charge in [-0.3, -0.25) is 0 Å². The summed E-state index contributed by atoms with van der Waals surface area (Å²) in [7, 11) is 3.10. The molecular weight excluding hydrogens is 440 g/mol. The maximum atomic E-state index is 7.45. The number of hydrogen-bond acceptors (Lipinski definition) is 5. The zero-order valence-corrected chi connectivity index (χ0v) is 22.2. The molecule has 180 valence electrons. The normalized spacial score (nSPS) is 18.2. The molecule has 0 saturated heterocycles. The predicted molar refractivity (Wildman–Crippen MR) is 142 cm³/mol. The quantitative estimate of drug-likeness (QED) is 0.241. The van der Waals surface area contributed by atoms with Crippen LogP contribution in [0.1, 0.15) is 18.4 Å². The fourth-order valence-electron chi connectivity index (χ4n) is 4.41. The van der Waals surface area contributed by atoms with Crippen molar-refractivity contribution < 1.29 is 4.74 Å². The summed E-state index contributed by atoms with van der Waals surface area (Å²) in [6, 6.07) is 7.85. The van der Waals surface area contributed by atoms with Crippen molar-refractivity contribution in [1.82, 2.24) is 19.4 Å². The average molecular weight is 477 g/mol. The number of aryl methyl sites for hydroxylation is 1. The fourth-order valence-corrected chi connectivity index (χ4v) is 5.16. The highest BCUT2D eigenvalue weighted by Crippen LogP contribution is 2.34. The third-order valence-corrected chi connectivity index (χ3v) is 8.37. The summed E-state index contributed by atoms with van der Waals surface area (Å²) in [5.41, 5.74) is 4.61. The lowest BCUT2D eigenvalue weighted by atomic mass is 9.85. The molecule has 1 fully saturated rings. The largest absolute Gasteiger partial charge is 0.361 e. The van der Waals surface area contributed by atoms with E-state index in [4.69, 9.17) is 16.3 Å². The van der Waals surface area contributed by atoms with Gasteiger partial charge in [0.1, 0.15) is 6.73 Å². The van der Waals surface area contributed by atoms with Crippen molar-refractivity contribution in [1.29, 1.82) is 0 Å². The van der Waals surface area contributed by atoms with Crippen LogP contribution in [0.2, 0.25) is 25.7 Å². The molecule has 0 spiro atoms. The van der Waals surface area contributed by atoms with Crippen LogP contribution >= 0.6 is 0 Å². The standard InChI is InChI=1S/C26H36N6OSi/c1-18-15-28-26(29-22-10-11-23(22)31(3)4)30-25(18)21-16-32(17-33-12-13-34(5,6)7)24-14-19(27-2)8-9-20(21)24/h8-9,14-16,22-23H,10-13,17H2,1,3-7H3,(H,28,29,30)/t22-,23-/m0/s1. The number of ether oxygens (including phenoxy) is 1. The van der Waals surface area contributed by atoms with Gasteiger partial charge in [0.25, 0.3) is 0 Å². The molecule has 8 heteroatoms. The molecule has 0 amide bonds. The Hall–Kier alpha value is -2.73. The van der Waals surface area contributed by atoms with Crippen molar-refractivity contribution in [2.24, 2.45) is 0 Å². The SMILES string of the molecule is [C-]#[N+]c1ccc2c(-c3nc(N[C@H]4CC[C@@H]4N(C)C)ncc3C)cn(COCC[Si](C)(C)C)c2c1. The molecule has 0 bridgehead atoms. The summed E-state index contributed by atoms with van der Waals surface area (Å²) in [6.45, 7) is 17.8. The molecule has 2 aromatic heterocycles. The van der Waals surface area contributed by atoms with Crippen LogP contribution in [-0.2, 0) is 11.5 Å². The number of nitrogens with zero attached hydrogens (tertiary/aromatic N) is 5. The minimum Gasteiger partial charge on any atom is -0.361 e. The molecular formula is C26H36N6OSi. The van der Waals surface area contributed by atoms with Crippen LogP contribution in [0.25, 0.3) is 27.0 Å². The molecule has 1 saturated carbocycles. The van der Waals surface area contributed by atoms with Gasteiger partial charge in [0, 0.05) is 55.6 Å². The highest BCUT2D eigenvalue weighted by atomic mass is 28.3. The lowest BCUT2D eigenvalue weighted by Gasteiger charge is -2.41. The number of anilines is 1. The Kier molecular flexibility index (Phi) is 7.08. The van der Waals surface area contributed by atoms with E-state index >= 15 is 0 Å². The topological polar surface area (TPSA) is 59.6 Å². The summed E-state index contributed by atoms with van der Waals surface area (Å²) >= 11 is 0. The van der Waals surface area contributed by atoms with E-state index in [1.165, 1.54) is 6.42 Å². The van der Waals surface area contributed by atoms with Gasteiger partial charge < -0.3 is 19.5 Å². The maximum absolute atomic E-state index is 7.45. The molecule has 7 nitrogen and oxygen atoms in total. The second-order valence-electron chi connectivity index (χ2n) is 10.8. The first-order valence-electron chi connectivity index (χ1n) is 12.0. The maximum Gasteiger partial charge on any atom is 0.223 e. The number of likely N-dealkylation sites (N-methyl/N-ethyl adjacent to an activating group) is 1. The Morgan fingerprint density at radius 1 is 1.26 bits per heavy atom. The number of nitrogens with one attached hydrogen (secondary N) is 1. The van der Waals surface area contributed by atoms with E-state index in [0.717, 1.165) is 46.8 Å². The molecule has 0 radical (unpaired) electrons. The van der Waals surface area contributed by atoms with Gasteiger partial charge in [0.2, 0.25) is 5.95 Å². The average Bonchev–Trinajstić information content (AvgIpc) is 3.11. The van der Waals surface area contributed by atoms with Crippen molar-refractivity contribution in [2.45, 2.75) is 64.3 Å². The van der Waals surface area contributed by atoms with Crippen molar-refractivity contribution in [2.75, 3.05) is 26.0 Å². The molecule has 3 aromatic rings. The van der Waals surface area contributed by atoms with Crippen LogP contribution in [0.4, 0.5) is 11.6 Å². The highest BCUT2D eigenvalue weighted by Gasteiger charge is 2.33. The Bertz CT molecular complexity index is 1210. The van der Waals surface area contributed by atoms with E-state index in [2.05, 4.69) is 64.5 Å². The molecule has 1 aromatic carbocycles. The number of hydrogen-bond donors (Lipinski definition) is 1. The van der Waals surface area contributed by atoms with Gasteiger partial charge in [-0.2, -0.15) is 0 Å². The monoisotopic (exact) mass is 476 g/mol. The molecule has 34 heavy (non-hydrogen) atoms. The minimum absolute atomic E-state index is 0.368. The van der Waals surface area contributed by atoms with Gasteiger partial charge in [-0.1, -0.05) is 31.8 Å². The molecule has 0 unspecified atom stereocenters. The zero-order chi connectivity index (χ0) is 24.5. The van der Waals surface area contributed by atoms with Gasteiger partial charge in [-0.15, -0.1) is 0 Å². The Balaban J connectivity index is 1.65.